The van der Waals surface area contributed by atoms with Crippen LogP contribution < -0.4 is 11.1 Å². The van der Waals surface area contributed by atoms with Gasteiger partial charge in [0.1, 0.15) is 0 Å². The Balaban J connectivity index is 0. The molecule has 0 aliphatic carbocycles. The monoisotopic (exact) mass is 337 g/mol. The first kappa shape index (κ1) is 22.3. The van der Waals surface area contributed by atoms with E-state index in [4.69, 9.17) is 10.5 Å². The van der Waals surface area contributed by atoms with Gasteiger partial charge in [0.25, 0.3) is 5.91 Å². The summed E-state index contributed by atoms with van der Waals surface area (Å²) in [5.74, 6) is -0.122. The highest BCUT2D eigenvalue weighted by Gasteiger charge is 2.08. The molecule has 0 spiro atoms. The van der Waals surface area contributed by atoms with E-state index in [1.807, 2.05) is 19.2 Å². The van der Waals surface area contributed by atoms with Gasteiger partial charge in [-0.1, -0.05) is 12.1 Å². The average molecular weight is 338 g/mol. The zero-order valence-electron chi connectivity index (χ0n) is 12.5. The van der Waals surface area contributed by atoms with E-state index in [1.165, 1.54) is 0 Å². The van der Waals surface area contributed by atoms with Crippen molar-refractivity contribution in [1.29, 1.82) is 0 Å². The van der Waals surface area contributed by atoms with Crippen molar-refractivity contribution >= 4 is 36.4 Å². The lowest BCUT2D eigenvalue weighted by molar-refractivity contribution is 0.0950. The molecular weight excluding hydrogens is 313 g/mol. The minimum atomic E-state index is -0.122. The number of methoxy groups -OCH3 is 1. The maximum Gasteiger partial charge on any atom is 0.253 e. The summed E-state index contributed by atoms with van der Waals surface area (Å²) in [4.78, 5) is 14.0. The Morgan fingerprint density at radius 3 is 2.57 bits per heavy atom. The number of hydrogen-bond donors (Lipinski definition) is 2. The van der Waals surface area contributed by atoms with E-state index in [-0.39, 0.29) is 30.7 Å². The number of nitrogens with one attached hydrogen (secondary N) is 1. The lowest BCUT2D eigenvalue weighted by atomic mass is 10.1. The van der Waals surface area contributed by atoms with Gasteiger partial charge in [-0.2, -0.15) is 0 Å². The van der Waals surface area contributed by atoms with Crippen molar-refractivity contribution in [3.63, 3.8) is 0 Å². The van der Waals surface area contributed by atoms with Gasteiger partial charge in [0, 0.05) is 39.0 Å². The molecule has 1 amide bonds. The second-order valence-corrected chi connectivity index (χ2v) is 4.49. The molecule has 0 aliphatic heterocycles. The maximum absolute atomic E-state index is 11.9. The molecular formula is C14H25Cl2N3O2. The van der Waals surface area contributed by atoms with Gasteiger partial charge in [-0.25, -0.2) is 0 Å². The van der Waals surface area contributed by atoms with Crippen LogP contribution in [0.15, 0.2) is 24.3 Å². The fraction of sp³-hybridized carbons (Fsp3) is 0.500. The van der Waals surface area contributed by atoms with Gasteiger partial charge in [-0.15, -0.1) is 24.8 Å². The van der Waals surface area contributed by atoms with Crippen molar-refractivity contribution in [2.24, 2.45) is 0 Å². The molecule has 0 bridgehead atoms. The number of nitrogens with two attached hydrogens (primary N) is 1. The molecule has 122 valence electrons. The van der Waals surface area contributed by atoms with Gasteiger partial charge in [-0.3, -0.25) is 4.79 Å². The molecule has 3 N–H and O–H groups in total. The normalized spacial score (nSPS) is 9.67. The summed E-state index contributed by atoms with van der Waals surface area (Å²) < 4.78 is 5.00. The number of hydrogen-bond acceptors (Lipinski definition) is 4. The Morgan fingerprint density at radius 2 is 1.95 bits per heavy atom. The van der Waals surface area contributed by atoms with Gasteiger partial charge < -0.3 is 20.7 Å². The van der Waals surface area contributed by atoms with Crippen molar-refractivity contribution in [3.05, 3.63) is 29.8 Å². The van der Waals surface area contributed by atoms with Crippen molar-refractivity contribution in [2.45, 2.75) is 6.42 Å². The highest BCUT2D eigenvalue weighted by molar-refractivity contribution is 5.99. The minimum Gasteiger partial charge on any atom is -0.398 e. The van der Waals surface area contributed by atoms with E-state index < -0.39 is 0 Å². The van der Waals surface area contributed by atoms with Crippen LogP contribution >= 0.6 is 24.8 Å². The first-order valence-electron chi connectivity index (χ1n) is 6.45. The van der Waals surface area contributed by atoms with E-state index in [1.54, 1.807) is 19.2 Å². The Bertz CT molecular complexity index is 406. The zero-order valence-corrected chi connectivity index (χ0v) is 14.1. The first-order valence-corrected chi connectivity index (χ1v) is 6.45. The Kier molecular flexibility index (Phi) is 13.5. The van der Waals surface area contributed by atoms with Crippen LogP contribution in [0.1, 0.15) is 16.8 Å². The summed E-state index contributed by atoms with van der Waals surface area (Å²) in [6.45, 7) is 3.13. The SMILES string of the molecule is COCCCN(C)CCNC(=O)c1ccccc1N.Cl.Cl. The molecule has 0 fully saturated rings. The van der Waals surface area contributed by atoms with Gasteiger partial charge in [0.2, 0.25) is 0 Å². The molecule has 0 atom stereocenters. The van der Waals surface area contributed by atoms with Gasteiger partial charge in [-0.05, 0) is 25.6 Å². The lowest BCUT2D eigenvalue weighted by Gasteiger charge is -2.16. The van der Waals surface area contributed by atoms with Crippen LogP contribution in [0, 0.1) is 0 Å². The third-order valence-electron chi connectivity index (χ3n) is 2.87. The predicted molar refractivity (Wildman–Crippen MR) is 91.7 cm³/mol. The molecule has 1 aromatic carbocycles. The van der Waals surface area contributed by atoms with Crippen LogP contribution in [0.3, 0.4) is 0 Å². The maximum atomic E-state index is 11.9. The average Bonchev–Trinajstić information content (AvgIpc) is 2.39. The molecule has 0 aromatic heterocycles. The first-order chi connectivity index (χ1) is 9.15. The van der Waals surface area contributed by atoms with E-state index in [0.717, 1.165) is 26.1 Å². The van der Waals surface area contributed by atoms with Crippen LogP contribution in [0.4, 0.5) is 5.69 Å². The number of ether oxygens (including phenoxy) is 1. The quantitative estimate of drug-likeness (QED) is 0.560. The molecule has 21 heavy (non-hydrogen) atoms. The number of amides is 1. The Hall–Kier alpha value is -1.01. The standard InChI is InChI=1S/C14H23N3O2.2ClH/c1-17(9-5-11-19-2)10-8-16-14(18)12-6-3-4-7-13(12)15;;/h3-4,6-7H,5,8-11,15H2,1-2H3,(H,16,18);2*1H. The van der Waals surface area contributed by atoms with Gasteiger partial charge in [0.15, 0.2) is 0 Å². The number of halogens is 2. The van der Waals surface area contributed by atoms with E-state index >= 15 is 0 Å². The number of para-hydroxylation sites is 1. The summed E-state index contributed by atoms with van der Waals surface area (Å²) in [7, 11) is 3.73. The summed E-state index contributed by atoms with van der Waals surface area (Å²) >= 11 is 0. The number of nitrogens with zero attached hydrogens (tertiary/aromatic N) is 1. The molecule has 0 unspecified atom stereocenters. The van der Waals surface area contributed by atoms with Crippen LogP contribution in [-0.2, 0) is 4.74 Å². The third kappa shape index (κ3) is 8.78. The molecule has 1 rings (SSSR count). The van der Waals surface area contributed by atoms with Crippen LogP contribution in [0.5, 0.6) is 0 Å². The number of rotatable bonds is 8. The molecule has 0 aliphatic rings. The van der Waals surface area contributed by atoms with Crippen LogP contribution in [0.2, 0.25) is 0 Å². The van der Waals surface area contributed by atoms with Crippen molar-refractivity contribution in [1.82, 2.24) is 10.2 Å². The van der Waals surface area contributed by atoms with Crippen LogP contribution in [0.25, 0.3) is 0 Å². The van der Waals surface area contributed by atoms with Crippen molar-refractivity contribution < 1.29 is 9.53 Å². The Morgan fingerprint density at radius 1 is 1.29 bits per heavy atom. The molecule has 0 saturated carbocycles. The number of nitrogen functional groups attached to an aromatic ring is 1. The minimum absolute atomic E-state index is 0. The number of likely N-dealkylation sites (N-methyl/N-ethyl adjacent to an activating group) is 1. The zero-order chi connectivity index (χ0) is 14.1. The van der Waals surface area contributed by atoms with E-state index in [9.17, 15) is 4.79 Å². The smallest absolute Gasteiger partial charge is 0.253 e. The highest BCUT2D eigenvalue weighted by Crippen LogP contribution is 2.09. The van der Waals surface area contributed by atoms with Crippen molar-refractivity contribution in [2.75, 3.05) is 46.1 Å². The fourth-order valence-corrected chi connectivity index (χ4v) is 1.75. The molecule has 7 heteroatoms. The summed E-state index contributed by atoms with van der Waals surface area (Å²) in [5, 5.41) is 2.87. The molecule has 0 saturated heterocycles. The third-order valence-corrected chi connectivity index (χ3v) is 2.87. The van der Waals surface area contributed by atoms with Crippen LogP contribution in [-0.4, -0.2) is 51.2 Å². The molecule has 0 heterocycles. The summed E-state index contributed by atoms with van der Waals surface area (Å²) in [6, 6.07) is 7.08. The second-order valence-electron chi connectivity index (χ2n) is 4.49. The number of carbonyl (C=O) groups excluding carboxylic acids is 1. The fourth-order valence-electron chi connectivity index (χ4n) is 1.75. The summed E-state index contributed by atoms with van der Waals surface area (Å²) in [5.41, 5.74) is 6.79. The number of anilines is 1. The molecule has 1 aromatic rings. The van der Waals surface area contributed by atoms with E-state index in [2.05, 4.69) is 10.2 Å². The topological polar surface area (TPSA) is 67.6 Å². The molecule has 5 nitrogen and oxygen atoms in total. The number of benzene rings is 1. The largest absolute Gasteiger partial charge is 0.398 e. The second kappa shape index (κ2) is 12.7. The molecule has 0 radical (unpaired) electrons. The predicted octanol–water partition coefficient (Wildman–Crippen LogP) is 1.81. The highest BCUT2D eigenvalue weighted by atomic mass is 35.5. The number of carbonyl (C=O) groups is 1. The van der Waals surface area contributed by atoms with E-state index in [0.29, 0.717) is 17.8 Å². The van der Waals surface area contributed by atoms with Gasteiger partial charge in [0.05, 0.1) is 5.56 Å². The Labute approximate surface area is 139 Å². The summed E-state index contributed by atoms with van der Waals surface area (Å²) in [6.07, 6.45) is 0.993. The van der Waals surface area contributed by atoms with Gasteiger partial charge >= 0.3 is 0 Å². The van der Waals surface area contributed by atoms with Crippen molar-refractivity contribution in [3.8, 4) is 0 Å². The lowest BCUT2D eigenvalue weighted by Crippen LogP contribution is -2.33.